The summed E-state index contributed by atoms with van der Waals surface area (Å²) in [5, 5.41) is 7.70. The first-order valence-corrected chi connectivity index (χ1v) is 15.1. The standard InChI is InChI=1S/C42H28N2/c1-2-15-34(16-3-1)43(38-19-7-11-30-10-4-5-18-37(30)38)35-26-24-29(25-27-35)33-14-6-17-36(28-33)44-39-20-8-12-31-22-23-32-13-9-21-40(44)42(32)41(31)39/h1-28H. The monoisotopic (exact) mass is 560 g/mol. The topological polar surface area (TPSA) is 8.17 Å². The fourth-order valence-electron chi connectivity index (χ4n) is 6.93. The van der Waals surface area contributed by atoms with Gasteiger partial charge in [0.2, 0.25) is 0 Å². The summed E-state index contributed by atoms with van der Waals surface area (Å²) in [5.74, 6) is 0. The Morgan fingerprint density at radius 3 is 1.73 bits per heavy atom. The molecule has 0 unspecified atom stereocenters. The maximum atomic E-state index is 2.42. The second-order valence-corrected chi connectivity index (χ2v) is 11.4. The highest BCUT2D eigenvalue weighted by atomic mass is 15.1. The molecule has 1 aromatic heterocycles. The Morgan fingerprint density at radius 2 is 0.977 bits per heavy atom. The maximum Gasteiger partial charge on any atom is 0.0547 e. The minimum absolute atomic E-state index is 1.13. The van der Waals surface area contributed by atoms with E-state index in [1.807, 2.05) is 0 Å². The Balaban J connectivity index is 1.16. The molecule has 206 valence electrons. The SMILES string of the molecule is c1ccc(N(c2ccc(-c3cccc(-n4c5cccc6ccc7cccc4c7c65)c3)cc2)c2cccc3ccccc23)cc1. The van der Waals surface area contributed by atoms with Crippen LogP contribution in [0.2, 0.25) is 0 Å². The van der Waals surface area contributed by atoms with Gasteiger partial charge in [-0.2, -0.15) is 0 Å². The third kappa shape index (κ3) is 3.82. The summed E-state index contributed by atoms with van der Waals surface area (Å²) in [4.78, 5) is 2.35. The second-order valence-electron chi connectivity index (χ2n) is 11.4. The molecule has 1 heterocycles. The number of fused-ring (bicyclic) bond motifs is 1. The zero-order chi connectivity index (χ0) is 29.0. The van der Waals surface area contributed by atoms with Gasteiger partial charge in [0.05, 0.1) is 16.7 Å². The van der Waals surface area contributed by atoms with Crippen molar-refractivity contribution in [2.75, 3.05) is 4.90 Å². The predicted octanol–water partition coefficient (Wildman–Crippen LogP) is 11.7. The lowest BCUT2D eigenvalue weighted by molar-refractivity contribution is 1.18. The Hall–Kier alpha value is -5.86. The van der Waals surface area contributed by atoms with Crippen LogP contribution in [-0.4, -0.2) is 4.57 Å². The van der Waals surface area contributed by atoms with Crippen molar-refractivity contribution in [3.05, 3.63) is 170 Å². The van der Waals surface area contributed by atoms with Gasteiger partial charge in [-0.3, -0.25) is 0 Å². The van der Waals surface area contributed by atoms with Crippen molar-refractivity contribution in [3.8, 4) is 16.8 Å². The summed E-state index contributed by atoms with van der Waals surface area (Å²) in [5.41, 5.74) is 9.48. The van der Waals surface area contributed by atoms with Crippen molar-refractivity contribution in [1.82, 2.24) is 4.57 Å². The molecule has 0 atom stereocenters. The largest absolute Gasteiger partial charge is 0.310 e. The molecule has 9 aromatic rings. The first kappa shape index (κ1) is 24.7. The molecule has 0 spiro atoms. The normalized spacial score (nSPS) is 11.6. The molecule has 0 saturated heterocycles. The van der Waals surface area contributed by atoms with Crippen molar-refractivity contribution in [2.45, 2.75) is 0 Å². The lowest BCUT2D eigenvalue weighted by Crippen LogP contribution is -2.10. The molecule has 9 rings (SSSR count). The van der Waals surface area contributed by atoms with Gasteiger partial charge in [0, 0.05) is 33.2 Å². The van der Waals surface area contributed by atoms with Crippen molar-refractivity contribution in [3.63, 3.8) is 0 Å². The molecule has 0 aliphatic carbocycles. The summed E-state index contributed by atoms with van der Waals surface area (Å²) >= 11 is 0. The fourth-order valence-corrected chi connectivity index (χ4v) is 6.93. The summed E-state index contributed by atoms with van der Waals surface area (Å²) in [6.45, 7) is 0. The summed E-state index contributed by atoms with van der Waals surface area (Å²) in [6, 6.07) is 61.4. The van der Waals surface area contributed by atoms with E-state index >= 15 is 0 Å². The van der Waals surface area contributed by atoms with Crippen LogP contribution in [0.3, 0.4) is 0 Å². The van der Waals surface area contributed by atoms with Crippen molar-refractivity contribution < 1.29 is 0 Å². The fraction of sp³-hybridized carbons (Fsp3) is 0. The first-order valence-electron chi connectivity index (χ1n) is 15.1. The van der Waals surface area contributed by atoms with Crippen LogP contribution in [0.15, 0.2) is 170 Å². The van der Waals surface area contributed by atoms with Crippen molar-refractivity contribution in [2.24, 2.45) is 0 Å². The summed E-state index contributed by atoms with van der Waals surface area (Å²) in [6.07, 6.45) is 0. The number of hydrogen-bond donors (Lipinski definition) is 0. The van der Waals surface area contributed by atoms with Crippen LogP contribution in [-0.2, 0) is 0 Å². The Bertz CT molecular complexity index is 2360. The zero-order valence-corrected chi connectivity index (χ0v) is 24.1. The van der Waals surface area contributed by atoms with Gasteiger partial charge in [0.25, 0.3) is 0 Å². The van der Waals surface area contributed by atoms with E-state index in [2.05, 4.69) is 179 Å². The van der Waals surface area contributed by atoms with Crippen LogP contribution in [0.1, 0.15) is 0 Å². The second kappa shape index (κ2) is 9.86. The van der Waals surface area contributed by atoms with E-state index in [0.29, 0.717) is 0 Å². The van der Waals surface area contributed by atoms with Crippen LogP contribution in [0.25, 0.3) is 60.2 Å². The lowest BCUT2D eigenvalue weighted by atomic mass is 10.0. The average molecular weight is 561 g/mol. The van der Waals surface area contributed by atoms with E-state index in [0.717, 1.165) is 11.4 Å². The van der Waals surface area contributed by atoms with Gasteiger partial charge < -0.3 is 9.47 Å². The number of para-hydroxylation sites is 1. The molecule has 0 aliphatic heterocycles. The molecule has 0 amide bonds. The molecule has 2 nitrogen and oxygen atoms in total. The molecule has 0 radical (unpaired) electrons. The third-order valence-corrected chi connectivity index (χ3v) is 8.91. The van der Waals surface area contributed by atoms with E-state index in [1.165, 1.54) is 65.9 Å². The van der Waals surface area contributed by atoms with Gasteiger partial charge in [0.15, 0.2) is 0 Å². The van der Waals surface area contributed by atoms with Crippen LogP contribution >= 0.6 is 0 Å². The minimum atomic E-state index is 1.13. The third-order valence-electron chi connectivity index (χ3n) is 8.91. The summed E-state index contributed by atoms with van der Waals surface area (Å²) in [7, 11) is 0. The Kier molecular flexibility index (Phi) is 5.54. The maximum absolute atomic E-state index is 2.42. The van der Waals surface area contributed by atoms with Gasteiger partial charge in [-0.1, -0.05) is 115 Å². The Morgan fingerprint density at radius 1 is 0.386 bits per heavy atom. The van der Waals surface area contributed by atoms with E-state index in [1.54, 1.807) is 0 Å². The zero-order valence-electron chi connectivity index (χ0n) is 24.1. The van der Waals surface area contributed by atoms with Crippen LogP contribution in [0.5, 0.6) is 0 Å². The van der Waals surface area contributed by atoms with Crippen LogP contribution in [0.4, 0.5) is 17.1 Å². The van der Waals surface area contributed by atoms with E-state index in [9.17, 15) is 0 Å². The predicted molar refractivity (Wildman–Crippen MR) is 187 cm³/mol. The van der Waals surface area contributed by atoms with E-state index in [4.69, 9.17) is 0 Å². The number of anilines is 3. The number of hydrogen-bond acceptors (Lipinski definition) is 1. The molecule has 0 bridgehead atoms. The van der Waals surface area contributed by atoms with Crippen molar-refractivity contribution in [1.29, 1.82) is 0 Å². The first-order chi connectivity index (χ1) is 21.8. The van der Waals surface area contributed by atoms with Gasteiger partial charge in [-0.15, -0.1) is 0 Å². The number of rotatable bonds is 5. The van der Waals surface area contributed by atoms with Gasteiger partial charge in [-0.05, 0) is 81.9 Å². The van der Waals surface area contributed by atoms with E-state index < -0.39 is 0 Å². The van der Waals surface area contributed by atoms with Crippen LogP contribution < -0.4 is 4.90 Å². The van der Waals surface area contributed by atoms with Crippen molar-refractivity contribution >= 4 is 60.4 Å². The smallest absolute Gasteiger partial charge is 0.0547 e. The number of benzene rings is 8. The highest BCUT2D eigenvalue weighted by molar-refractivity contribution is 6.24. The molecule has 0 N–H and O–H groups in total. The summed E-state index contributed by atoms with van der Waals surface area (Å²) < 4.78 is 2.42. The molecule has 0 saturated carbocycles. The molecule has 2 heteroatoms. The highest BCUT2D eigenvalue weighted by Gasteiger charge is 2.17. The number of nitrogens with zero attached hydrogens (tertiary/aromatic N) is 2. The molecule has 44 heavy (non-hydrogen) atoms. The highest BCUT2D eigenvalue weighted by Crippen LogP contribution is 2.41. The molecular formula is C42H28N2. The quantitative estimate of drug-likeness (QED) is 0.190. The van der Waals surface area contributed by atoms with Gasteiger partial charge in [0.1, 0.15) is 0 Å². The van der Waals surface area contributed by atoms with Crippen LogP contribution in [0, 0.1) is 0 Å². The number of aromatic nitrogens is 1. The van der Waals surface area contributed by atoms with Gasteiger partial charge in [-0.25, -0.2) is 0 Å². The van der Waals surface area contributed by atoms with E-state index in [-0.39, 0.29) is 0 Å². The lowest BCUT2D eigenvalue weighted by Gasteiger charge is -2.27. The molecule has 8 aromatic carbocycles. The average Bonchev–Trinajstić information content (AvgIpc) is 3.44. The minimum Gasteiger partial charge on any atom is -0.310 e. The molecule has 0 aliphatic rings. The molecular weight excluding hydrogens is 532 g/mol. The van der Waals surface area contributed by atoms with Gasteiger partial charge >= 0.3 is 0 Å². The molecule has 0 fully saturated rings. The Labute approximate surface area is 256 Å².